The van der Waals surface area contributed by atoms with Crippen LogP contribution in [0.25, 0.3) is 10.9 Å². The number of benzene rings is 2. The second kappa shape index (κ2) is 5.41. The van der Waals surface area contributed by atoms with Crippen molar-refractivity contribution in [2.45, 2.75) is 0 Å². The van der Waals surface area contributed by atoms with E-state index in [9.17, 15) is 9.18 Å². The Kier molecular flexibility index (Phi) is 3.45. The highest BCUT2D eigenvalue weighted by Crippen LogP contribution is 2.25. The molecule has 3 rings (SSSR count). The lowest BCUT2D eigenvalue weighted by molar-refractivity contribution is 0.262. The quantitative estimate of drug-likeness (QED) is 0.669. The third-order valence-corrected chi connectivity index (χ3v) is 3.22. The molecule has 0 aliphatic heterocycles. The Hall–Kier alpha value is -2.60. The number of nitrogens with one attached hydrogen (secondary N) is 3. The number of carbonyl (C=O) groups excluding carboxylic acids is 1. The minimum atomic E-state index is -0.596. The Balaban J connectivity index is 1.77. The lowest BCUT2D eigenvalue weighted by atomic mass is 10.2. The van der Waals surface area contributed by atoms with Gasteiger partial charge in [0.05, 0.1) is 22.4 Å². The molecule has 1 heterocycles. The Morgan fingerprint density at radius 3 is 2.90 bits per heavy atom. The number of aromatic amines is 1. The number of rotatable bonds is 2. The van der Waals surface area contributed by atoms with Gasteiger partial charge in [0, 0.05) is 11.1 Å². The van der Waals surface area contributed by atoms with Crippen LogP contribution in [0.3, 0.4) is 0 Å². The molecule has 0 aliphatic carbocycles. The molecule has 3 aromatic rings. The van der Waals surface area contributed by atoms with E-state index in [1.807, 2.05) is 6.07 Å². The molecule has 0 atom stereocenters. The fourth-order valence-corrected chi connectivity index (χ4v) is 2.12. The van der Waals surface area contributed by atoms with Crippen molar-refractivity contribution in [2.75, 3.05) is 10.6 Å². The van der Waals surface area contributed by atoms with Crippen molar-refractivity contribution in [3.05, 3.63) is 53.4 Å². The third kappa shape index (κ3) is 2.80. The first-order valence-electron chi connectivity index (χ1n) is 6.08. The number of halogens is 2. The largest absolute Gasteiger partial charge is 0.323 e. The molecule has 0 bridgehead atoms. The predicted molar refractivity (Wildman–Crippen MR) is 80.1 cm³/mol. The molecular weight excluding hydrogens is 295 g/mol. The van der Waals surface area contributed by atoms with Crippen LogP contribution in [0, 0.1) is 5.82 Å². The molecule has 0 radical (unpaired) electrons. The van der Waals surface area contributed by atoms with E-state index >= 15 is 0 Å². The molecule has 3 N–H and O–H groups in total. The number of anilines is 2. The molecule has 0 saturated heterocycles. The van der Waals surface area contributed by atoms with Gasteiger partial charge in [-0.25, -0.2) is 9.18 Å². The van der Waals surface area contributed by atoms with Gasteiger partial charge in [-0.05, 0) is 30.3 Å². The SMILES string of the molecule is O=C(Nc1ccc2cn[nH]c2c1)Nc1c(F)cccc1Cl. The lowest BCUT2D eigenvalue weighted by Crippen LogP contribution is -2.20. The van der Waals surface area contributed by atoms with Crippen LogP contribution >= 0.6 is 11.6 Å². The minimum absolute atomic E-state index is 0.0562. The number of hydrogen-bond acceptors (Lipinski definition) is 2. The second-order valence-electron chi connectivity index (χ2n) is 4.35. The molecular formula is C14H10ClFN4O. The fourth-order valence-electron chi connectivity index (χ4n) is 1.91. The smallest absolute Gasteiger partial charge is 0.308 e. The fraction of sp³-hybridized carbons (Fsp3) is 0. The van der Waals surface area contributed by atoms with Crippen LogP contribution in [-0.4, -0.2) is 16.2 Å². The molecule has 2 aromatic carbocycles. The van der Waals surface area contributed by atoms with E-state index < -0.39 is 11.8 Å². The van der Waals surface area contributed by atoms with Crippen molar-refractivity contribution < 1.29 is 9.18 Å². The van der Waals surface area contributed by atoms with Crippen LogP contribution in [-0.2, 0) is 0 Å². The normalized spacial score (nSPS) is 10.6. The van der Waals surface area contributed by atoms with Gasteiger partial charge >= 0.3 is 6.03 Å². The summed E-state index contributed by atoms with van der Waals surface area (Å²) >= 11 is 5.84. The van der Waals surface area contributed by atoms with Crippen LogP contribution < -0.4 is 10.6 Å². The Labute approximate surface area is 124 Å². The van der Waals surface area contributed by atoms with E-state index in [1.165, 1.54) is 18.2 Å². The summed E-state index contributed by atoms with van der Waals surface area (Å²) in [4.78, 5) is 11.9. The van der Waals surface area contributed by atoms with E-state index in [0.717, 1.165) is 10.9 Å². The molecule has 0 fully saturated rings. The summed E-state index contributed by atoms with van der Waals surface area (Å²) in [5.41, 5.74) is 1.28. The van der Waals surface area contributed by atoms with Gasteiger partial charge in [0.15, 0.2) is 0 Å². The highest BCUT2D eigenvalue weighted by Gasteiger charge is 2.11. The van der Waals surface area contributed by atoms with E-state index in [2.05, 4.69) is 20.8 Å². The zero-order valence-electron chi connectivity index (χ0n) is 10.7. The molecule has 7 heteroatoms. The zero-order valence-corrected chi connectivity index (χ0v) is 11.4. The van der Waals surface area contributed by atoms with Gasteiger partial charge < -0.3 is 10.6 Å². The highest BCUT2D eigenvalue weighted by atomic mass is 35.5. The molecule has 106 valence electrons. The molecule has 1 aromatic heterocycles. The first kappa shape index (κ1) is 13.4. The third-order valence-electron chi connectivity index (χ3n) is 2.90. The van der Waals surface area contributed by atoms with Crippen LogP contribution in [0.15, 0.2) is 42.6 Å². The van der Waals surface area contributed by atoms with Gasteiger partial charge in [-0.3, -0.25) is 5.10 Å². The molecule has 0 saturated carbocycles. The number of aromatic nitrogens is 2. The van der Waals surface area contributed by atoms with Crippen molar-refractivity contribution in [3.8, 4) is 0 Å². The zero-order chi connectivity index (χ0) is 14.8. The molecule has 0 aliphatic rings. The number of nitrogens with zero attached hydrogens (tertiary/aromatic N) is 1. The number of hydrogen-bond donors (Lipinski definition) is 3. The van der Waals surface area contributed by atoms with E-state index in [-0.39, 0.29) is 10.7 Å². The number of H-pyrrole nitrogens is 1. The summed E-state index contributed by atoms with van der Waals surface area (Å²) in [5.74, 6) is -0.596. The number of carbonyl (C=O) groups is 1. The van der Waals surface area contributed by atoms with Crippen molar-refractivity contribution >= 4 is 39.9 Å². The van der Waals surface area contributed by atoms with Crippen molar-refractivity contribution in [3.63, 3.8) is 0 Å². The molecule has 0 unspecified atom stereocenters. The van der Waals surface area contributed by atoms with Gasteiger partial charge in [-0.1, -0.05) is 17.7 Å². The van der Waals surface area contributed by atoms with Crippen molar-refractivity contribution in [2.24, 2.45) is 0 Å². The Morgan fingerprint density at radius 1 is 1.24 bits per heavy atom. The van der Waals surface area contributed by atoms with Crippen LogP contribution in [0.4, 0.5) is 20.6 Å². The van der Waals surface area contributed by atoms with E-state index in [4.69, 9.17) is 11.6 Å². The maximum Gasteiger partial charge on any atom is 0.323 e. The Bertz CT molecular complexity index is 797. The lowest BCUT2D eigenvalue weighted by Gasteiger charge is -2.09. The average Bonchev–Trinajstić information content (AvgIpc) is 2.90. The maximum atomic E-state index is 13.6. The van der Waals surface area contributed by atoms with Crippen LogP contribution in [0.1, 0.15) is 0 Å². The van der Waals surface area contributed by atoms with E-state index in [0.29, 0.717) is 5.69 Å². The summed E-state index contributed by atoms with van der Waals surface area (Å²) in [5, 5.41) is 12.7. The molecule has 21 heavy (non-hydrogen) atoms. The topological polar surface area (TPSA) is 69.8 Å². The number of amides is 2. The molecule has 5 nitrogen and oxygen atoms in total. The monoisotopic (exact) mass is 304 g/mol. The molecule has 0 spiro atoms. The van der Waals surface area contributed by atoms with Crippen LogP contribution in [0.2, 0.25) is 5.02 Å². The summed E-state index contributed by atoms with van der Waals surface area (Å²) in [6, 6.07) is 8.86. The van der Waals surface area contributed by atoms with Crippen molar-refractivity contribution in [1.29, 1.82) is 0 Å². The summed E-state index contributed by atoms with van der Waals surface area (Å²) < 4.78 is 13.6. The van der Waals surface area contributed by atoms with Gasteiger partial charge in [-0.2, -0.15) is 5.10 Å². The van der Waals surface area contributed by atoms with Crippen molar-refractivity contribution in [1.82, 2.24) is 10.2 Å². The van der Waals surface area contributed by atoms with Gasteiger partial charge in [-0.15, -0.1) is 0 Å². The van der Waals surface area contributed by atoms with Gasteiger partial charge in [0.2, 0.25) is 0 Å². The summed E-state index contributed by atoms with van der Waals surface area (Å²) in [6.45, 7) is 0. The van der Waals surface area contributed by atoms with E-state index in [1.54, 1.807) is 18.3 Å². The van der Waals surface area contributed by atoms with Gasteiger partial charge in [0.1, 0.15) is 5.82 Å². The maximum absolute atomic E-state index is 13.6. The first-order chi connectivity index (χ1) is 10.1. The minimum Gasteiger partial charge on any atom is -0.308 e. The second-order valence-corrected chi connectivity index (χ2v) is 4.76. The average molecular weight is 305 g/mol. The summed E-state index contributed by atoms with van der Waals surface area (Å²) in [7, 11) is 0. The highest BCUT2D eigenvalue weighted by molar-refractivity contribution is 6.33. The van der Waals surface area contributed by atoms with Gasteiger partial charge in [0.25, 0.3) is 0 Å². The number of para-hydroxylation sites is 1. The molecule has 2 amide bonds. The Morgan fingerprint density at radius 2 is 2.10 bits per heavy atom. The number of urea groups is 1. The number of fused-ring (bicyclic) bond motifs is 1. The summed E-state index contributed by atoms with van der Waals surface area (Å²) in [6.07, 6.45) is 1.68. The standard InChI is InChI=1S/C14H10ClFN4O/c15-10-2-1-3-11(16)13(10)19-14(21)18-9-5-4-8-7-17-20-12(8)6-9/h1-7H,(H,17,20)(H2,18,19,21). The van der Waals surface area contributed by atoms with Crippen LogP contribution in [0.5, 0.6) is 0 Å². The first-order valence-corrected chi connectivity index (χ1v) is 6.46. The predicted octanol–water partition coefficient (Wildman–Crippen LogP) is 4.00.